The lowest BCUT2D eigenvalue weighted by Crippen LogP contribution is -1.92. The molecule has 0 saturated carbocycles. The molecule has 0 bridgehead atoms. The van der Waals surface area contributed by atoms with Crippen LogP contribution in [0.25, 0.3) is 22.5 Å². The number of halogens is 2. The first-order valence-corrected chi connectivity index (χ1v) is 7.14. The van der Waals surface area contributed by atoms with Crippen molar-refractivity contribution < 1.29 is 8.91 Å². The molecule has 0 atom stereocenters. The molecule has 0 unspecified atom stereocenters. The van der Waals surface area contributed by atoms with Crippen molar-refractivity contribution in [2.75, 3.05) is 5.73 Å². The van der Waals surface area contributed by atoms with Gasteiger partial charge in [0.1, 0.15) is 5.82 Å². The fourth-order valence-electron chi connectivity index (χ4n) is 2.25. The van der Waals surface area contributed by atoms with Gasteiger partial charge in [-0.05, 0) is 30.7 Å². The van der Waals surface area contributed by atoms with Crippen molar-refractivity contribution in [3.05, 3.63) is 58.3 Å². The van der Waals surface area contributed by atoms with Gasteiger partial charge in [-0.15, -0.1) is 0 Å². The molecule has 1 heterocycles. The summed E-state index contributed by atoms with van der Waals surface area (Å²) in [5.41, 5.74) is 8.56. The van der Waals surface area contributed by atoms with Crippen LogP contribution in [0.2, 0.25) is 0 Å². The van der Waals surface area contributed by atoms with Crippen molar-refractivity contribution in [3.8, 4) is 22.5 Å². The van der Waals surface area contributed by atoms with Gasteiger partial charge in [0.15, 0.2) is 11.6 Å². The Kier molecular flexibility index (Phi) is 3.51. The normalized spacial score (nSPS) is 10.8. The predicted octanol–water partition coefficient (Wildman–Crippen LogP) is 4.80. The third-order valence-corrected chi connectivity index (χ3v) is 3.80. The number of hydrogen-bond acceptors (Lipinski definition) is 3. The molecule has 0 amide bonds. The fraction of sp³-hybridized carbons (Fsp3) is 0.0625. The van der Waals surface area contributed by atoms with E-state index in [9.17, 15) is 4.39 Å². The largest absolute Gasteiger partial charge is 0.380 e. The Bertz CT molecular complexity index is 814. The van der Waals surface area contributed by atoms with E-state index in [0.29, 0.717) is 16.9 Å². The van der Waals surface area contributed by atoms with Crippen LogP contribution in [0.3, 0.4) is 0 Å². The molecule has 21 heavy (non-hydrogen) atoms. The molecule has 1 aromatic heterocycles. The van der Waals surface area contributed by atoms with E-state index in [0.717, 1.165) is 15.6 Å². The lowest BCUT2D eigenvalue weighted by Gasteiger charge is -2.07. The first-order chi connectivity index (χ1) is 10.1. The van der Waals surface area contributed by atoms with Gasteiger partial charge >= 0.3 is 0 Å². The molecule has 3 aromatic rings. The Labute approximate surface area is 129 Å². The van der Waals surface area contributed by atoms with Gasteiger partial charge in [-0.1, -0.05) is 45.4 Å². The zero-order valence-corrected chi connectivity index (χ0v) is 12.8. The highest BCUT2D eigenvalue weighted by atomic mass is 79.9. The van der Waals surface area contributed by atoms with Crippen LogP contribution in [0.15, 0.2) is 51.5 Å². The molecule has 106 valence electrons. The second-order valence-corrected chi connectivity index (χ2v) is 5.63. The van der Waals surface area contributed by atoms with Gasteiger partial charge in [-0.25, -0.2) is 4.39 Å². The van der Waals surface area contributed by atoms with E-state index < -0.39 is 0 Å². The molecule has 0 saturated heterocycles. The van der Waals surface area contributed by atoms with E-state index in [2.05, 4.69) is 21.1 Å². The molecule has 3 rings (SSSR count). The van der Waals surface area contributed by atoms with Gasteiger partial charge in [-0.3, -0.25) is 0 Å². The average Bonchev–Trinajstić information content (AvgIpc) is 2.84. The zero-order chi connectivity index (χ0) is 15.0. The minimum atomic E-state index is -0.360. The number of rotatable bonds is 2. The summed E-state index contributed by atoms with van der Waals surface area (Å²) >= 11 is 3.43. The van der Waals surface area contributed by atoms with Gasteiger partial charge in [-0.2, -0.15) is 0 Å². The zero-order valence-electron chi connectivity index (χ0n) is 11.2. The monoisotopic (exact) mass is 346 g/mol. The summed E-state index contributed by atoms with van der Waals surface area (Å²) in [6.45, 7) is 1.95. The SMILES string of the molecule is Cc1ccc(Br)cc1-c1onc(N)c1-c1ccccc1F. The van der Waals surface area contributed by atoms with Crippen LogP contribution in [0.1, 0.15) is 5.56 Å². The van der Waals surface area contributed by atoms with Crippen molar-refractivity contribution >= 4 is 21.7 Å². The van der Waals surface area contributed by atoms with E-state index >= 15 is 0 Å². The molecule has 5 heteroatoms. The maximum atomic E-state index is 14.1. The number of hydrogen-bond donors (Lipinski definition) is 1. The van der Waals surface area contributed by atoms with E-state index in [-0.39, 0.29) is 11.6 Å². The first-order valence-electron chi connectivity index (χ1n) is 6.34. The second kappa shape index (κ2) is 5.33. The number of aryl methyl sites for hydroxylation is 1. The summed E-state index contributed by atoms with van der Waals surface area (Å²) < 4.78 is 20.3. The van der Waals surface area contributed by atoms with Crippen LogP contribution < -0.4 is 5.73 Å². The molecule has 3 nitrogen and oxygen atoms in total. The maximum Gasteiger partial charge on any atom is 0.177 e. The first kappa shape index (κ1) is 13.8. The predicted molar refractivity (Wildman–Crippen MR) is 84.2 cm³/mol. The molecular formula is C16H12BrFN2O. The van der Waals surface area contributed by atoms with Crippen molar-refractivity contribution in [2.24, 2.45) is 0 Å². The number of nitrogens with two attached hydrogens (primary N) is 1. The average molecular weight is 347 g/mol. The Morgan fingerprint density at radius 2 is 1.90 bits per heavy atom. The summed E-state index contributed by atoms with van der Waals surface area (Å²) in [6, 6.07) is 12.2. The number of nitrogens with zero attached hydrogens (tertiary/aromatic N) is 1. The fourth-order valence-corrected chi connectivity index (χ4v) is 2.61. The minimum absolute atomic E-state index is 0.175. The van der Waals surface area contributed by atoms with Crippen molar-refractivity contribution in [3.63, 3.8) is 0 Å². The summed E-state index contributed by atoms with van der Waals surface area (Å²) in [6.07, 6.45) is 0. The van der Waals surface area contributed by atoms with Crippen molar-refractivity contribution in [2.45, 2.75) is 6.92 Å². The second-order valence-electron chi connectivity index (χ2n) is 4.71. The smallest absolute Gasteiger partial charge is 0.177 e. The third kappa shape index (κ3) is 2.45. The van der Waals surface area contributed by atoms with E-state index in [1.54, 1.807) is 18.2 Å². The van der Waals surface area contributed by atoms with Crippen LogP contribution in [0.5, 0.6) is 0 Å². The van der Waals surface area contributed by atoms with E-state index in [4.69, 9.17) is 10.3 Å². The number of anilines is 1. The van der Waals surface area contributed by atoms with E-state index in [1.165, 1.54) is 6.07 Å². The lowest BCUT2D eigenvalue weighted by molar-refractivity contribution is 0.436. The maximum absolute atomic E-state index is 14.1. The molecule has 0 spiro atoms. The van der Waals surface area contributed by atoms with Crippen LogP contribution in [-0.4, -0.2) is 5.16 Å². The third-order valence-electron chi connectivity index (χ3n) is 3.31. The molecule has 0 radical (unpaired) electrons. The molecule has 2 N–H and O–H groups in total. The highest BCUT2D eigenvalue weighted by molar-refractivity contribution is 9.10. The van der Waals surface area contributed by atoms with Gasteiger partial charge in [0.25, 0.3) is 0 Å². The van der Waals surface area contributed by atoms with Crippen LogP contribution in [-0.2, 0) is 0 Å². The quantitative estimate of drug-likeness (QED) is 0.724. The summed E-state index contributed by atoms with van der Waals surface area (Å²) in [4.78, 5) is 0. The van der Waals surface area contributed by atoms with Crippen LogP contribution >= 0.6 is 15.9 Å². The number of nitrogen functional groups attached to an aromatic ring is 1. The lowest BCUT2D eigenvalue weighted by atomic mass is 9.98. The molecule has 0 aliphatic heterocycles. The molecular weight excluding hydrogens is 335 g/mol. The topological polar surface area (TPSA) is 52.0 Å². The minimum Gasteiger partial charge on any atom is -0.380 e. The standard InChI is InChI=1S/C16H12BrFN2O/c1-9-6-7-10(17)8-12(9)15-14(16(19)20-21-15)11-4-2-3-5-13(11)18/h2-8H,1H3,(H2,19,20). The Hall–Kier alpha value is -2.14. The van der Waals surface area contributed by atoms with Gasteiger partial charge in [0.2, 0.25) is 0 Å². The van der Waals surface area contributed by atoms with E-state index in [1.807, 2.05) is 25.1 Å². The van der Waals surface area contributed by atoms with Crippen molar-refractivity contribution in [1.29, 1.82) is 0 Å². The summed E-state index contributed by atoms with van der Waals surface area (Å²) in [7, 11) is 0. The molecule has 0 aliphatic rings. The number of benzene rings is 2. The highest BCUT2D eigenvalue weighted by Gasteiger charge is 2.21. The highest BCUT2D eigenvalue weighted by Crippen LogP contribution is 2.39. The Morgan fingerprint density at radius 3 is 2.67 bits per heavy atom. The number of aromatic nitrogens is 1. The van der Waals surface area contributed by atoms with Crippen LogP contribution in [0.4, 0.5) is 10.2 Å². The Morgan fingerprint density at radius 1 is 1.14 bits per heavy atom. The van der Waals surface area contributed by atoms with Crippen LogP contribution in [0, 0.1) is 12.7 Å². The summed E-state index contributed by atoms with van der Waals surface area (Å²) in [5, 5.41) is 3.80. The van der Waals surface area contributed by atoms with Crippen molar-refractivity contribution in [1.82, 2.24) is 5.16 Å². The Balaban J connectivity index is 2.27. The molecule has 0 fully saturated rings. The molecule has 0 aliphatic carbocycles. The van der Waals surface area contributed by atoms with Gasteiger partial charge in [0, 0.05) is 15.6 Å². The van der Waals surface area contributed by atoms with Gasteiger partial charge < -0.3 is 10.3 Å². The molecule has 2 aromatic carbocycles. The van der Waals surface area contributed by atoms with Gasteiger partial charge in [0.05, 0.1) is 5.56 Å². The summed E-state index contributed by atoms with van der Waals surface area (Å²) in [5.74, 6) is 0.284.